The minimum atomic E-state index is 0.0402. The van der Waals surface area contributed by atoms with Crippen LogP contribution >= 0.6 is 0 Å². The van der Waals surface area contributed by atoms with E-state index in [2.05, 4.69) is 4.99 Å². The molecule has 5 nitrogen and oxygen atoms in total. The van der Waals surface area contributed by atoms with Crippen LogP contribution in [0.4, 0.5) is 0 Å². The third kappa shape index (κ3) is 3.10. The summed E-state index contributed by atoms with van der Waals surface area (Å²) < 4.78 is 10.4. The summed E-state index contributed by atoms with van der Waals surface area (Å²) >= 11 is 0. The highest BCUT2D eigenvalue weighted by atomic mass is 16.5. The average Bonchev–Trinajstić information content (AvgIpc) is 2.48. The maximum Gasteiger partial charge on any atom is 0.170 e. The van der Waals surface area contributed by atoms with Crippen LogP contribution in [0.25, 0.3) is 0 Å². The minimum absolute atomic E-state index is 0.0402. The van der Waals surface area contributed by atoms with Crippen molar-refractivity contribution in [3.05, 3.63) is 23.8 Å². The molecule has 1 aliphatic rings. The van der Waals surface area contributed by atoms with Crippen LogP contribution in [-0.4, -0.2) is 50.9 Å². The molecule has 0 spiro atoms. The SMILES string of the molecule is COc1ccc(C(=O)CC2=NCCCN2C)cc1OC. The first-order valence-electron chi connectivity index (χ1n) is 6.65. The smallest absolute Gasteiger partial charge is 0.170 e. The Labute approximate surface area is 119 Å². The molecule has 0 aromatic heterocycles. The second kappa shape index (κ2) is 6.41. The van der Waals surface area contributed by atoms with Gasteiger partial charge in [0.1, 0.15) is 5.84 Å². The molecular formula is C15H20N2O3. The predicted molar refractivity (Wildman–Crippen MR) is 78.0 cm³/mol. The number of amidine groups is 1. The van der Waals surface area contributed by atoms with Gasteiger partial charge in [-0.15, -0.1) is 0 Å². The second-order valence-corrected chi connectivity index (χ2v) is 4.74. The summed E-state index contributed by atoms with van der Waals surface area (Å²) in [5.41, 5.74) is 0.615. The van der Waals surface area contributed by atoms with Crippen molar-refractivity contribution < 1.29 is 14.3 Å². The highest BCUT2D eigenvalue weighted by Crippen LogP contribution is 2.28. The van der Waals surface area contributed by atoms with Crippen molar-refractivity contribution >= 4 is 11.6 Å². The van der Waals surface area contributed by atoms with Crippen LogP contribution in [-0.2, 0) is 0 Å². The average molecular weight is 276 g/mol. The van der Waals surface area contributed by atoms with Crippen molar-refractivity contribution in [2.45, 2.75) is 12.8 Å². The summed E-state index contributed by atoms with van der Waals surface area (Å²) in [6.07, 6.45) is 1.37. The first-order valence-corrected chi connectivity index (χ1v) is 6.65. The number of nitrogens with zero attached hydrogens (tertiary/aromatic N) is 2. The molecule has 0 radical (unpaired) electrons. The van der Waals surface area contributed by atoms with Gasteiger partial charge in [-0.3, -0.25) is 9.79 Å². The normalized spacial score (nSPS) is 14.8. The van der Waals surface area contributed by atoms with Crippen LogP contribution in [0.3, 0.4) is 0 Å². The first-order chi connectivity index (χ1) is 9.65. The lowest BCUT2D eigenvalue weighted by Gasteiger charge is -2.24. The molecule has 1 aromatic carbocycles. The second-order valence-electron chi connectivity index (χ2n) is 4.74. The lowest BCUT2D eigenvalue weighted by Crippen LogP contribution is -2.33. The maximum absolute atomic E-state index is 12.3. The van der Waals surface area contributed by atoms with Gasteiger partial charge in [0.05, 0.1) is 20.6 Å². The number of benzene rings is 1. The zero-order valence-corrected chi connectivity index (χ0v) is 12.2. The molecule has 1 heterocycles. The predicted octanol–water partition coefficient (Wildman–Crippen LogP) is 2.01. The van der Waals surface area contributed by atoms with Crippen LogP contribution in [0.5, 0.6) is 11.5 Å². The van der Waals surface area contributed by atoms with E-state index in [0.29, 0.717) is 23.5 Å². The molecule has 0 N–H and O–H groups in total. The molecule has 1 aromatic rings. The largest absolute Gasteiger partial charge is 0.493 e. The molecule has 0 fully saturated rings. The third-order valence-corrected chi connectivity index (χ3v) is 3.41. The molecule has 0 aliphatic carbocycles. The molecular weight excluding hydrogens is 256 g/mol. The Morgan fingerprint density at radius 3 is 2.70 bits per heavy atom. The molecule has 5 heteroatoms. The highest BCUT2D eigenvalue weighted by Gasteiger charge is 2.17. The van der Waals surface area contributed by atoms with Gasteiger partial charge in [-0.2, -0.15) is 0 Å². The molecule has 108 valence electrons. The fraction of sp³-hybridized carbons (Fsp3) is 0.467. The van der Waals surface area contributed by atoms with Gasteiger partial charge in [-0.1, -0.05) is 0 Å². The molecule has 1 aliphatic heterocycles. The van der Waals surface area contributed by atoms with E-state index in [-0.39, 0.29) is 5.78 Å². The quantitative estimate of drug-likeness (QED) is 0.772. The molecule has 0 atom stereocenters. The summed E-state index contributed by atoms with van der Waals surface area (Å²) in [4.78, 5) is 18.8. The number of ketones is 1. The van der Waals surface area contributed by atoms with Crippen LogP contribution in [0, 0.1) is 0 Å². The minimum Gasteiger partial charge on any atom is -0.493 e. The monoisotopic (exact) mass is 276 g/mol. The fourth-order valence-electron chi connectivity index (χ4n) is 2.21. The summed E-state index contributed by atoms with van der Waals surface area (Å²) in [5.74, 6) is 2.09. The number of aliphatic imine (C=N–C) groups is 1. The Kier molecular flexibility index (Phi) is 4.61. The topological polar surface area (TPSA) is 51.1 Å². The Morgan fingerprint density at radius 1 is 1.30 bits per heavy atom. The van der Waals surface area contributed by atoms with E-state index in [1.807, 2.05) is 11.9 Å². The van der Waals surface area contributed by atoms with Gasteiger partial charge in [-0.05, 0) is 24.6 Å². The lowest BCUT2D eigenvalue weighted by atomic mass is 10.1. The highest BCUT2D eigenvalue weighted by molar-refractivity contribution is 6.09. The molecule has 0 saturated heterocycles. The fourth-order valence-corrected chi connectivity index (χ4v) is 2.21. The zero-order chi connectivity index (χ0) is 14.5. The summed E-state index contributed by atoms with van der Waals surface area (Å²) in [6, 6.07) is 5.22. The van der Waals surface area contributed by atoms with E-state index in [1.165, 1.54) is 0 Å². The van der Waals surface area contributed by atoms with Gasteiger partial charge < -0.3 is 14.4 Å². The number of ether oxygens (including phenoxy) is 2. The van der Waals surface area contributed by atoms with Gasteiger partial charge in [-0.25, -0.2) is 0 Å². The van der Waals surface area contributed by atoms with Crippen molar-refractivity contribution in [3.8, 4) is 11.5 Å². The molecule has 2 rings (SSSR count). The van der Waals surface area contributed by atoms with Crippen molar-refractivity contribution in [2.24, 2.45) is 4.99 Å². The lowest BCUT2D eigenvalue weighted by molar-refractivity contribution is 0.0997. The summed E-state index contributed by atoms with van der Waals surface area (Å²) in [7, 11) is 5.11. The van der Waals surface area contributed by atoms with E-state index < -0.39 is 0 Å². The van der Waals surface area contributed by atoms with Gasteiger partial charge >= 0.3 is 0 Å². The van der Waals surface area contributed by atoms with Crippen molar-refractivity contribution in [2.75, 3.05) is 34.4 Å². The zero-order valence-electron chi connectivity index (χ0n) is 12.2. The Bertz CT molecular complexity index is 526. The van der Waals surface area contributed by atoms with Gasteiger partial charge in [0.15, 0.2) is 17.3 Å². The maximum atomic E-state index is 12.3. The number of hydrogen-bond donors (Lipinski definition) is 0. The van der Waals surface area contributed by atoms with Crippen LogP contribution < -0.4 is 9.47 Å². The van der Waals surface area contributed by atoms with Crippen LogP contribution in [0.1, 0.15) is 23.2 Å². The van der Waals surface area contributed by atoms with E-state index in [1.54, 1.807) is 32.4 Å². The molecule has 20 heavy (non-hydrogen) atoms. The molecule has 0 amide bonds. The van der Waals surface area contributed by atoms with E-state index in [9.17, 15) is 4.79 Å². The number of methoxy groups -OCH3 is 2. The van der Waals surface area contributed by atoms with E-state index in [0.717, 1.165) is 25.3 Å². The van der Waals surface area contributed by atoms with E-state index in [4.69, 9.17) is 9.47 Å². The number of Topliss-reactive ketones (excluding diaryl/α,β-unsaturated/α-hetero) is 1. The van der Waals surface area contributed by atoms with Gasteiger partial charge in [0, 0.05) is 25.7 Å². The van der Waals surface area contributed by atoms with Crippen molar-refractivity contribution in [1.82, 2.24) is 4.90 Å². The first kappa shape index (κ1) is 14.4. The molecule has 0 saturated carbocycles. The van der Waals surface area contributed by atoms with Gasteiger partial charge in [0.2, 0.25) is 0 Å². The molecule has 0 unspecified atom stereocenters. The van der Waals surface area contributed by atoms with Crippen molar-refractivity contribution in [3.63, 3.8) is 0 Å². The summed E-state index contributed by atoms with van der Waals surface area (Å²) in [5, 5.41) is 0. The van der Waals surface area contributed by atoms with Crippen LogP contribution in [0.15, 0.2) is 23.2 Å². The molecule has 0 bridgehead atoms. The van der Waals surface area contributed by atoms with Crippen molar-refractivity contribution in [1.29, 1.82) is 0 Å². The van der Waals surface area contributed by atoms with E-state index >= 15 is 0 Å². The Balaban J connectivity index is 2.15. The number of carbonyl (C=O) groups excluding carboxylic acids is 1. The third-order valence-electron chi connectivity index (χ3n) is 3.41. The standard InChI is InChI=1S/C15H20N2O3/c1-17-8-4-7-16-15(17)10-12(18)11-5-6-13(19-2)14(9-11)20-3/h5-6,9H,4,7-8,10H2,1-3H3. The summed E-state index contributed by atoms with van der Waals surface area (Å²) in [6.45, 7) is 1.76. The van der Waals surface area contributed by atoms with Crippen LogP contribution in [0.2, 0.25) is 0 Å². The number of rotatable bonds is 5. The number of carbonyl (C=O) groups is 1. The van der Waals surface area contributed by atoms with Gasteiger partial charge in [0.25, 0.3) is 0 Å². The Morgan fingerprint density at radius 2 is 2.05 bits per heavy atom. The Hall–Kier alpha value is -2.04. The number of hydrogen-bond acceptors (Lipinski definition) is 5.